The zero-order valence-corrected chi connectivity index (χ0v) is 10.7. The fraction of sp³-hybridized carbons (Fsp3) is 0.500. The molecule has 18 heavy (non-hydrogen) atoms. The summed E-state index contributed by atoms with van der Waals surface area (Å²) < 4.78 is 19.0. The van der Waals surface area contributed by atoms with Crippen LogP contribution in [-0.4, -0.2) is 30.2 Å². The molecule has 0 radical (unpaired) electrons. The highest BCUT2D eigenvalue weighted by atomic mass is 19.1. The lowest BCUT2D eigenvalue weighted by molar-refractivity contribution is -0.0882. The second kappa shape index (κ2) is 5.05. The van der Waals surface area contributed by atoms with Gasteiger partial charge in [-0.2, -0.15) is 5.26 Å². The predicted molar refractivity (Wildman–Crippen MR) is 66.4 cm³/mol. The van der Waals surface area contributed by atoms with Crippen LogP contribution in [-0.2, 0) is 11.3 Å². The Hall–Kier alpha value is -1.44. The number of rotatable bonds is 2. The van der Waals surface area contributed by atoms with Gasteiger partial charge in [0.05, 0.1) is 23.8 Å². The smallest absolute Gasteiger partial charge is 0.124 e. The fourth-order valence-corrected chi connectivity index (χ4v) is 2.31. The Bertz CT molecular complexity index is 479. The van der Waals surface area contributed by atoms with Crippen molar-refractivity contribution in [2.24, 2.45) is 0 Å². The first-order chi connectivity index (χ1) is 8.48. The first-order valence-corrected chi connectivity index (χ1v) is 6.04. The van der Waals surface area contributed by atoms with Crippen molar-refractivity contribution in [3.63, 3.8) is 0 Å². The van der Waals surface area contributed by atoms with E-state index >= 15 is 0 Å². The minimum absolute atomic E-state index is 0.163. The van der Waals surface area contributed by atoms with Crippen molar-refractivity contribution < 1.29 is 9.13 Å². The maximum absolute atomic E-state index is 13.3. The second-order valence-electron chi connectivity index (χ2n) is 5.28. The Morgan fingerprint density at radius 2 is 2.22 bits per heavy atom. The molecule has 4 heteroatoms. The van der Waals surface area contributed by atoms with E-state index in [0.717, 1.165) is 18.7 Å². The van der Waals surface area contributed by atoms with Gasteiger partial charge in [0.1, 0.15) is 5.82 Å². The lowest BCUT2D eigenvalue weighted by Gasteiger charge is -2.38. The summed E-state index contributed by atoms with van der Waals surface area (Å²) in [5, 5.41) is 8.83. The molecule has 1 heterocycles. The summed E-state index contributed by atoms with van der Waals surface area (Å²) >= 11 is 0. The third-order valence-corrected chi connectivity index (χ3v) is 3.00. The molecule has 1 saturated heterocycles. The van der Waals surface area contributed by atoms with Gasteiger partial charge in [-0.3, -0.25) is 4.90 Å². The van der Waals surface area contributed by atoms with E-state index in [0.29, 0.717) is 18.7 Å². The molecule has 0 atom stereocenters. The minimum atomic E-state index is -0.350. The average molecular weight is 248 g/mol. The monoisotopic (exact) mass is 248 g/mol. The van der Waals surface area contributed by atoms with Gasteiger partial charge < -0.3 is 4.74 Å². The zero-order valence-electron chi connectivity index (χ0n) is 10.7. The fourth-order valence-electron chi connectivity index (χ4n) is 2.31. The molecule has 0 aromatic heterocycles. The summed E-state index contributed by atoms with van der Waals surface area (Å²) in [7, 11) is 0. The van der Waals surface area contributed by atoms with Gasteiger partial charge in [0, 0.05) is 19.6 Å². The Morgan fingerprint density at radius 3 is 2.89 bits per heavy atom. The van der Waals surface area contributed by atoms with Crippen molar-refractivity contribution in [3.05, 3.63) is 35.1 Å². The van der Waals surface area contributed by atoms with Crippen molar-refractivity contribution in [1.82, 2.24) is 4.90 Å². The van der Waals surface area contributed by atoms with E-state index in [9.17, 15) is 4.39 Å². The molecule has 0 saturated carbocycles. The van der Waals surface area contributed by atoms with Crippen LogP contribution in [0.3, 0.4) is 0 Å². The molecule has 1 aromatic rings. The van der Waals surface area contributed by atoms with Gasteiger partial charge in [0.2, 0.25) is 0 Å². The maximum Gasteiger partial charge on any atom is 0.124 e. The summed E-state index contributed by atoms with van der Waals surface area (Å²) in [5.41, 5.74) is 1.05. The number of morpholine rings is 1. The molecule has 0 aliphatic carbocycles. The van der Waals surface area contributed by atoms with Crippen LogP contribution in [0.15, 0.2) is 18.2 Å². The van der Waals surface area contributed by atoms with Crippen LogP contribution in [0, 0.1) is 17.1 Å². The largest absolute Gasteiger partial charge is 0.373 e. The standard InChI is InChI=1S/C14H17FN2O/c1-14(2)10-17(3-4-18-14)9-12-5-11(8-16)6-13(15)7-12/h5-7H,3-4,9-10H2,1-2H3. The first-order valence-electron chi connectivity index (χ1n) is 6.04. The van der Waals surface area contributed by atoms with E-state index in [1.165, 1.54) is 12.1 Å². The highest BCUT2D eigenvalue weighted by molar-refractivity contribution is 5.33. The van der Waals surface area contributed by atoms with E-state index in [4.69, 9.17) is 10.00 Å². The summed E-state index contributed by atoms with van der Waals surface area (Å²) in [6, 6.07) is 6.47. The molecule has 1 aromatic carbocycles. The lowest BCUT2D eigenvalue weighted by Crippen LogP contribution is -2.47. The average Bonchev–Trinajstić information content (AvgIpc) is 2.26. The second-order valence-corrected chi connectivity index (χ2v) is 5.28. The minimum Gasteiger partial charge on any atom is -0.373 e. The van der Waals surface area contributed by atoms with Crippen molar-refractivity contribution in [2.75, 3.05) is 19.7 Å². The Morgan fingerprint density at radius 1 is 1.44 bits per heavy atom. The van der Waals surface area contributed by atoms with Gasteiger partial charge in [-0.1, -0.05) is 0 Å². The Kier molecular flexibility index (Phi) is 3.65. The van der Waals surface area contributed by atoms with Gasteiger partial charge in [0.15, 0.2) is 0 Å². The van der Waals surface area contributed by atoms with E-state index in [1.54, 1.807) is 6.07 Å². The third kappa shape index (κ3) is 3.28. The van der Waals surface area contributed by atoms with E-state index < -0.39 is 0 Å². The highest BCUT2D eigenvalue weighted by Gasteiger charge is 2.27. The quantitative estimate of drug-likeness (QED) is 0.805. The lowest BCUT2D eigenvalue weighted by atomic mass is 10.1. The summed E-state index contributed by atoms with van der Waals surface area (Å²) in [5.74, 6) is -0.350. The van der Waals surface area contributed by atoms with Gasteiger partial charge in [0.25, 0.3) is 0 Å². The summed E-state index contributed by atoms with van der Waals surface area (Å²) in [6.45, 7) is 7.08. The molecule has 1 aliphatic heterocycles. The molecule has 2 rings (SSSR count). The van der Waals surface area contributed by atoms with Crippen LogP contribution in [0.25, 0.3) is 0 Å². The van der Waals surface area contributed by atoms with Crippen LogP contribution >= 0.6 is 0 Å². The topological polar surface area (TPSA) is 36.3 Å². The molecule has 0 unspecified atom stereocenters. The number of nitrogens with zero attached hydrogens (tertiary/aromatic N) is 2. The number of hydrogen-bond donors (Lipinski definition) is 0. The maximum atomic E-state index is 13.3. The van der Waals surface area contributed by atoms with Crippen LogP contribution in [0.5, 0.6) is 0 Å². The van der Waals surface area contributed by atoms with Crippen LogP contribution in [0.1, 0.15) is 25.0 Å². The highest BCUT2D eigenvalue weighted by Crippen LogP contribution is 2.19. The molecule has 0 spiro atoms. The Labute approximate surface area is 107 Å². The van der Waals surface area contributed by atoms with Crippen molar-refractivity contribution in [3.8, 4) is 6.07 Å². The van der Waals surface area contributed by atoms with Crippen LogP contribution in [0.4, 0.5) is 4.39 Å². The molecule has 1 fully saturated rings. The number of benzene rings is 1. The number of nitriles is 1. The normalized spacial score (nSPS) is 19.4. The van der Waals surface area contributed by atoms with Crippen LogP contribution in [0.2, 0.25) is 0 Å². The van der Waals surface area contributed by atoms with Crippen molar-refractivity contribution in [1.29, 1.82) is 5.26 Å². The molecular weight excluding hydrogens is 231 g/mol. The molecule has 3 nitrogen and oxygen atoms in total. The molecule has 96 valence electrons. The van der Waals surface area contributed by atoms with Gasteiger partial charge in [-0.05, 0) is 37.6 Å². The number of ether oxygens (including phenoxy) is 1. The van der Waals surface area contributed by atoms with Gasteiger partial charge in [-0.15, -0.1) is 0 Å². The van der Waals surface area contributed by atoms with E-state index in [-0.39, 0.29) is 11.4 Å². The van der Waals surface area contributed by atoms with E-state index in [2.05, 4.69) is 4.90 Å². The predicted octanol–water partition coefficient (Wildman–Crippen LogP) is 2.31. The van der Waals surface area contributed by atoms with Crippen molar-refractivity contribution >= 4 is 0 Å². The van der Waals surface area contributed by atoms with Gasteiger partial charge >= 0.3 is 0 Å². The SMILES string of the molecule is CC1(C)CN(Cc2cc(F)cc(C#N)c2)CCO1. The van der Waals surface area contributed by atoms with Gasteiger partial charge in [-0.25, -0.2) is 4.39 Å². The molecule has 0 N–H and O–H groups in total. The first kappa shape index (κ1) is 13.0. The Balaban J connectivity index is 2.10. The van der Waals surface area contributed by atoms with Crippen LogP contribution < -0.4 is 0 Å². The summed E-state index contributed by atoms with van der Waals surface area (Å²) in [4.78, 5) is 2.22. The molecular formula is C14H17FN2O. The number of hydrogen-bond acceptors (Lipinski definition) is 3. The number of halogens is 1. The molecule has 0 amide bonds. The zero-order chi connectivity index (χ0) is 13.2. The van der Waals surface area contributed by atoms with Crippen molar-refractivity contribution in [2.45, 2.75) is 26.0 Å². The third-order valence-electron chi connectivity index (χ3n) is 3.00. The molecule has 0 bridgehead atoms. The van der Waals surface area contributed by atoms with E-state index in [1.807, 2.05) is 19.9 Å². The molecule has 1 aliphatic rings. The summed E-state index contributed by atoms with van der Waals surface area (Å²) in [6.07, 6.45) is 0.